The summed E-state index contributed by atoms with van der Waals surface area (Å²) in [6.07, 6.45) is 0. The largest absolute Gasteiger partial charge is 0.256 e. The molecule has 0 aliphatic rings. The van der Waals surface area contributed by atoms with E-state index in [0.717, 1.165) is 0 Å². The van der Waals surface area contributed by atoms with Gasteiger partial charge in [0.15, 0.2) is 9.42 Å². The van der Waals surface area contributed by atoms with Crippen LogP contribution in [-0.4, -0.2) is 21.2 Å². The summed E-state index contributed by atoms with van der Waals surface area (Å²) in [7, 11) is -2.01. The van der Waals surface area contributed by atoms with Gasteiger partial charge in [0, 0.05) is 0 Å². The van der Waals surface area contributed by atoms with Crippen molar-refractivity contribution in [1.29, 1.82) is 0 Å². The highest BCUT2D eigenvalue weighted by atomic mass is 35.6. The van der Waals surface area contributed by atoms with Crippen LogP contribution in [0.25, 0.3) is 0 Å². The van der Waals surface area contributed by atoms with Crippen LogP contribution >= 0.6 is 92.8 Å². The first-order valence-electron chi connectivity index (χ1n) is 2.79. The third-order valence-corrected chi connectivity index (χ3v) is 6.91. The SMILES string of the molecule is O=S(C(Cl)C(Cl)(Cl)Cl)C(Cl)C(Cl)(Cl)Cl. The predicted molar refractivity (Wildman–Crippen MR) is 68.0 cm³/mol. The molecule has 0 spiro atoms. The first-order chi connectivity index (χ1) is 5.98. The Hall–Kier alpha value is 2.47. The molecule has 0 fully saturated rings. The van der Waals surface area contributed by atoms with E-state index in [0.29, 0.717) is 0 Å². The van der Waals surface area contributed by atoms with Crippen molar-refractivity contribution in [3.05, 3.63) is 0 Å². The van der Waals surface area contributed by atoms with Gasteiger partial charge in [-0.1, -0.05) is 69.6 Å². The molecule has 10 heteroatoms. The van der Waals surface area contributed by atoms with Crippen molar-refractivity contribution in [1.82, 2.24) is 0 Å². The Kier molecular flexibility index (Phi) is 6.92. The molecular weight excluding hydrogens is 380 g/mol. The fourth-order valence-electron chi connectivity index (χ4n) is 0.368. The smallest absolute Gasteiger partial charge is 0.218 e. The lowest BCUT2D eigenvalue weighted by Crippen LogP contribution is -2.35. The van der Waals surface area contributed by atoms with Gasteiger partial charge >= 0.3 is 0 Å². The number of rotatable bonds is 2. The van der Waals surface area contributed by atoms with Gasteiger partial charge in [0.05, 0.1) is 10.8 Å². The van der Waals surface area contributed by atoms with Crippen molar-refractivity contribution in [3.8, 4) is 0 Å². The van der Waals surface area contributed by atoms with Crippen molar-refractivity contribution < 1.29 is 4.21 Å². The highest BCUT2D eigenvalue weighted by molar-refractivity contribution is 7.89. The lowest BCUT2D eigenvalue weighted by molar-refractivity contribution is 0.678. The van der Waals surface area contributed by atoms with E-state index in [1.807, 2.05) is 0 Å². The van der Waals surface area contributed by atoms with Gasteiger partial charge in [-0.3, -0.25) is 4.21 Å². The standard InChI is InChI=1S/C4H2Cl8OS/c5-1(3(7,8)9)14(13)2(6)4(10,11)12/h1-2H. The van der Waals surface area contributed by atoms with Crippen LogP contribution in [0.15, 0.2) is 0 Å². The van der Waals surface area contributed by atoms with E-state index in [9.17, 15) is 4.21 Å². The van der Waals surface area contributed by atoms with Crippen molar-refractivity contribution in [2.24, 2.45) is 0 Å². The maximum Gasteiger partial charge on any atom is 0.218 e. The van der Waals surface area contributed by atoms with Gasteiger partial charge in [0.1, 0.15) is 0 Å². The van der Waals surface area contributed by atoms with Crippen molar-refractivity contribution in [2.75, 3.05) is 0 Å². The van der Waals surface area contributed by atoms with E-state index >= 15 is 0 Å². The molecule has 0 saturated heterocycles. The summed E-state index contributed by atoms with van der Waals surface area (Å²) in [4.78, 5) is 0. The summed E-state index contributed by atoms with van der Waals surface area (Å²) in [6, 6.07) is 0. The maximum atomic E-state index is 11.5. The molecule has 0 heterocycles. The van der Waals surface area contributed by atoms with Crippen molar-refractivity contribution in [3.63, 3.8) is 0 Å². The molecule has 0 aliphatic heterocycles. The molecule has 2 unspecified atom stereocenters. The van der Waals surface area contributed by atoms with E-state index < -0.39 is 27.8 Å². The average Bonchev–Trinajstić information content (AvgIpc) is 1.97. The van der Waals surface area contributed by atoms with E-state index in [-0.39, 0.29) is 0 Å². The average molecular weight is 382 g/mol. The van der Waals surface area contributed by atoms with Crippen LogP contribution < -0.4 is 0 Å². The number of halogens is 8. The number of hydrogen-bond acceptors (Lipinski definition) is 1. The molecule has 0 saturated carbocycles. The highest BCUT2D eigenvalue weighted by Gasteiger charge is 2.45. The Morgan fingerprint density at radius 3 is 1.14 bits per heavy atom. The van der Waals surface area contributed by atoms with E-state index in [4.69, 9.17) is 92.8 Å². The number of hydrogen-bond donors (Lipinski definition) is 0. The van der Waals surface area contributed by atoms with Crippen LogP contribution in [0.4, 0.5) is 0 Å². The fraction of sp³-hybridized carbons (Fsp3) is 1.00. The summed E-state index contributed by atoms with van der Waals surface area (Å²) in [5.41, 5.74) is 0. The van der Waals surface area contributed by atoms with Gasteiger partial charge < -0.3 is 0 Å². The summed E-state index contributed by atoms with van der Waals surface area (Å²) in [6.45, 7) is 0. The molecular formula is C4H2Cl8OS. The molecule has 0 amide bonds. The minimum Gasteiger partial charge on any atom is -0.256 e. The normalized spacial score (nSPS) is 20.3. The molecule has 0 aromatic carbocycles. The molecule has 1 nitrogen and oxygen atoms in total. The fourth-order valence-corrected chi connectivity index (χ4v) is 3.46. The summed E-state index contributed by atoms with van der Waals surface area (Å²) in [5, 5.41) is 0. The Labute approximate surface area is 124 Å². The molecule has 0 aromatic heterocycles. The minimum atomic E-state index is -2.01. The topological polar surface area (TPSA) is 17.1 Å². The molecule has 0 rings (SSSR count). The molecule has 0 radical (unpaired) electrons. The third-order valence-electron chi connectivity index (χ3n) is 0.923. The highest BCUT2D eigenvalue weighted by Crippen LogP contribution is 2.42. The first-order valence-corrected chi connectivity index (χ1v) is 7.20. The van der Waals surface area contributed by atoms with Gasteiger partial charge in [-0.05, 0) is 0 Å². The zero-order valence-corrected chi connectivity index (χ0v) is 12.9. The molecule has 86 valence electrons. The predicted octanol–water partition coefficient (Wildman–Crippen LogP) is 4.61. The number of alkyl halides is 8. The molecule has 0 aromatic rings. The Bertz CT molecular complexity index is 196. The zero-order valence-electron chi connectivity index (χ0n) is 5.99. The molecule has 2 atom stereocenters. The van der Waals surface area contributed by atoms with Crippen LogP contribution in [0.3, 0.4) is 0 Å². The molecule has 0 N–H and O–H groups in total. The van der Waals surface area contributed by atoms with Crippen LogP contribution in [0.1, 0.15) is 0 Å². The van der Waals surface area contributed by atoms with Gasteiger partial charge in [-0.2, -0.15) is 0 Å². The lowest BCUT2D eigenvalue weighted by atomic mass is 10.9. The Balaban J connectivity index is 4.65. The van der Waals surface area contributed by atoms with Gasteiger partial charge in [0.25, 0.3) is 0 Å². The second-order valence-corrected chi connectivity index (χ2v) is 9.77. The molecule has 14 heavy (non-hydrogen) atoms. The van der Waals surface area contributed by atoms with Crippen molar-refractivity contribution in [2.45, 2.75) is 17.0 Å². The summed E-state index contributed by atoms with van der Waals surface area (Å²) in [5.74, 6) is 0. The van der Waals surface area contributed by atoms with E-state index in [1.165, 1.54) is 0 Å². The molecule has 0 bridgehead atoms. The van der Waals surface area contributed by atoms with Gasteiger partial charge in [-0.25, -0.2) is 0 Å². The first kappa shape index (κ1) is 16.5. The Morgan fingerprint density at radius 1 is 0.786 bits per heavy atom. The third kappa shape index (κ3) is 5.20. The minimum absolute atomic E-state index is 1.37. The second-order valence-electron chi connectivity index (χ2n) is 2.04. The molecule has 0 aliphatic carbocycles. The monoisotopic (exact) mass is 378 g/mol. The van der Waals surface area contributed by atoms with E-state index in [2.05, 4.69) is 0 Å². The van der Waals surface area contributed by atoms with Crippen LogP contribution in [0.5, 0.6) is 0 Å². The zero-order chi connectivity index (χ0) is 11.7. The van der Waals surface area contributed by atoms with Crippen LogP contribution in [0, 0.1) is 0 Å². The lowest BCUT2D eigenvalue weighted by Gasteiger charge is -2.23. The summed E-state index contributed by atoms with van der Waals surface area (Å²) >= 11 is 43.4. The van der Waals surface area contributed by atoms with Crippen LogP contribution in [-0.2, 0) is 10.8 Å². The second kappa shape index (κ2) is 5.88. The van der Waals surface area contributed by atoms with E-state index in [1.54, 1.807) is 0 Å². The quantitative estimate of drug-likeness (QED) is 0.639. The van der Waals surface area contributed by atoms with Crippen molar-refractivity contribution >= 4 is 104 Å². The van der Waals surface area contributed by atoms with Gasteiger partial charge in [0.2, 0.25) is 7.59 Å². The summed E-state index contributed by atoms with van der Waals surface area (Å²) < 4.78 is 4.84. The Morgan fingerprint density at radius 2 is 1.00 bits per heavy atom. The maximum absolute atomic E-state index is 11.5. The van der Waals surface area contributed by atoms with Gasteiger partial charge in [-0.15, -0.1) is 23.2 Å². The van der Waals surface area contributed by atoms with Crippen LogP contribution in [0.2, 0.25) is 0 Å².